The molecule has 0 radical (unpaired) electrons. The predicted molar refractivity (Wildman–Crippen MR) is 47.4 cm³/mol. The van der Waals surface area contributed by atoms with Crippen molar-refractivity contribution in [2.45, 2.75) is 44.6 Å². The minimum Gasteiger partial charge on any atom is -0.434 e. The largest absolute Gasteiger partial charge is 0.508 e. The second-order valence-corrected chi connectivity index (χ2v) is 3.94. The van der Waals surface area contributed by atoms with Crippen LogP contribution in [0.5, 0.6) is 0 Å². The molecule has 3 heteroatoms. The van der Waals surface area contributed by atoms with Gasteiger partial charge in [0.25, 0.3) is 0 Å². The Morgan fingerprint density at radius 2 is 1.85 bits per heavy atom. The molecule has 74 valence electrons. The van der Waals surface area contributed by atoms with Crippen molar-refractivity contribution in [2.24, 2.45) is 5.92 Å². The number of hydrogen-bond acceptors (Lipinski definition) is 3. The van der Waals surface area contributed by atoms with Crippen LogP contribution in [-0.2, 0) is 9.47 Å². The van der Waals surface area contributed by atoms with Crippen LogP contribution in [-0.4, -0.2) is 18.9 Å². The lowest BCUT2D eigenvalue weighted by Crippen LogP contribution is -2.34. The minimum absolute atomic E-state index is 0.140. The summed E-state index contributed by atoms with van der Waals surface area (Å²) in [5.41, 5.74) is 0. The third-order valence-corrected chi connectivity index (χ3v) is 3.05. The van der Waals surface area contributed by atoms with E-state index in [1.807, 2.05) is 0 Å². The molecule has 2 rings (SSSR count). The molecular weight excluding hydrogens is 168 g/mol. The fourth-order valence-electron chi connectivity index (χ4n) is 2.31. The molecule has 2 aliphatic rings. The van der Waals surface area contributed by atoms with Crippen molar-refractivity contribution in [1.29, 1.82) is 0 Å². The quantitative estimate of drug-likeness (QED) is 0.587. The van der Waals surface area contributed by atoms with Gasteiger partial charge in [-0.3, -0.25) is 0 Å². The van der Waals surface area contributed by atoms with Crippen LogP contribution in [0.3, 0.4) is 0 Å². The maximum atomic E-state index is 10.9. The van der Waals surface area contributed by atoms with Crippen LogP contribution in [0.2, 0.25) is 0 Å². The number of ether oxygens (including phenoxy) is 2. The molecule has 0 amide bonds. The molecule has 13 heavy (non-hydrogen) atoms. The first-order chi connectivity index (χ1) is 6.36. The van der Waals surface area contributed by atoms with E-state index in [0.717, 1.165) is 6.42 Å². The molecule has 1 saturated heterocycles. The van der Waals surface area contributed by atoms with E-state index in [4.69, 9.17) is 9.47 Å². The van der Waals surface area contributed by atoms with Crippen molar-refractivity contribution in [2.75, 3.05) is 6.61 Å². The molecule has 3 nitrogen and oxygen atoms in total. The summed E-state index contributed by atoms with van der Waals surface area (Å²) in [7, 11) is 0. The fourth-order valence-corrected chi connectivity index (χ4v) is 2.31. The number of cyclic esters (lactones) is 2. The summed E-state index contributed by atoms with van der Waals surface area (Å²) in [6, 6.07) is 0. The zero-order chi connectivity index (χ0) is 9.10. The average Bonchev–Trinajstić information content (AvgIpc) is 2.19. The highest BCUT2D eigenvalue weighted by atomic mass is 16.7. The summed E-state index contributed by atoms with van der Waals surface area (Å²) < 4.78 is 9.90. The van der Waals surface area contributed by atoms with Crippen LogP contribution in [0.1, 0.15) is 38.5 Å². The third-order valence-electron chi connectivity index (χ3n) is 3.05. The van der Waals surface area contributed by atoms with Crippen molar-refractivity contribution in [3.8, 4) is 0 Å². The van der Waals surface area contributed by atoms with Gasteiger partial charge in [0.15, 0.2) is 0 Å². The number of carbonyl (C=O) groups excluding carboxylic acids is 1. The Bertz CT molecular complexity index is 185. The topological polar surface area (TPSA) is 35.5 Å². The molecule has 0 bridgehead atoms. The Morgan fingerprint density at radius 1 is 1.08 bits per heavy atom. The highest BCUT2D eigenvalue weighted by Gasteiger charge is 2.30. The molecule has 1 aliphatic carbocycles. The monoisotopic (exact) mass is 184 g/mol. The maximum Gasteiger partial charge on any atom is 0.508 e. The van der Waals surface area contributed by atoms with Crippen LogP contribution in [0, 0.1) is 5.92 Å². The highest BCUT2D eigenvalue weighted by molar-refractivity contribution is 5.60. The lowest BCUT2D eigenvalue weighted by atomic mass is 9.84. The molecule has 0 aromatic carbocycles. The first-order valence-corrected chi connectivity index (χ1v) is 5.19. The highest BCUT2D eigenvalue weighted by Crippen LogP contribution is 2.30. The molecule has 2 fully saturated rings. The van der Waals surface area contributed by atoms with E-state index < -0.39 is 6.16 Å². The Balaban J connectivity index is 1.87. The fraction of sp³-hybridized carbons (Fsp3) is 0.900. The van der Waals surface area contributed by atoms with Gasteiger partial charge in [-0.2, -0.15) is 0 Å². The van der Waals surface area contributed by atoms with Crippen LogP contribution in [0.4, 0.5) is 4.79 Å². The van der Waals surface area contributed by atoms with Gasteiger partial charge in [-0.05, 0) is 18.8 Å². The Hall–Kier alpha value is -0.730. The Labute approximate surface area is 78.4 Å². The van der Waals surface area contributed by atoms with Gasteiger partial charge in [-0.25, -0.2) is 4.79 Å². The Kier molecular flexibility index (Phi) is 2.71. The molecule has 1 aliphatic heterocycles. The van der Waals surface area contributed by atoms with Crippen LogP contribution < -0.4 is 0 Å². The predicted octanol–water partition coefficient (Wildman–Crippen LogP) is 2.49. The third kappa shape index (κ3) is 2.14. The zero-order valence-corrected chi connectivity index (χ0v) is 7.83. The standard InChI is InChI=1S/C10H16O3/c11-10-12-7-6-9(13-10)8-4-2-1-3-5-8/h8-9H,1-7H2. The van der Waals surface area contributed by atoms with Gasteiger partial charge in [-0.15, -0.1) is 0 Å². The van der Waals surface area contributed by atoms with Crippen molar-refractivity contribution in [3.05, 3.63) is 0 Å². The van der Waals surface area contributed by atoms with Crippen molar-refractivity contribution in [1.82, 2.24) is 0 Å². The van der Waals surface area contributed by atoms with Crippen LogP contribution in [0.15, 0.2) is 0 Å². The number of rotatable bonds is 1. The maximum absolute atomic E-state index is 10.9. The van der Waals surface area contributed by atoms with Crippen molar-refractivity contribution in [3.63, 3.8) is 0 Å². The van der Waals surface area contributed by atoms with E-state index in [1.54, 1.807) is 0 Å². The van der Waals surface area contributed by atoms with Gasteiger partial charge in [0, 0.05) is 6.42 Å². The summed E-state index contributed by atoms with van der Waals surface area (Å²) in [6.07, 6.45) is 6.92. The first-order valence-electron chi connectivity index (χ1n) is 5.19. The van der Waals surface area contributed by atoms with Gasteiger partial charge in [0.1, 0.15) is 6.10 Å². The van der Waals surface area contributed by atoms with E-state index in [2.05, 4.69) is 0 Å². The van der Waals surface area contributed by atoms with Gasteiger partial charge >= 0.3 is 6.16 Å². The first kappa shape index (κ1) is 8.85. The molecule has 1 unspecified atom stereocenters. The lowest BCUT2D eigenvalue weighted by Gasteiger charge is -2.31. The lowest BCUT2D eigenvalue weighted by molar-refractivity contribution is -0.0500. The van der Waals surface area contributed by atoms with Gasteiger partial charge in [-0.1, -0.05) is 19.3 Å². The Morgan fingerprint density at radius 3 is 2.54 bits per heavy atom. The van der Waals surface area contributed by atoms with Crippen molar-refractivity contribution < 1.29 is 14.3 Å². The molecule has 0 aromatic rings. The van der Waals surface area contributed by atoms with E-state index >= 15 is 0 Å². The zero-order valence-electron chi connectivity index (χ0n) is 7.83. The smallest absolute Gasteiger partial charge is 0.434 e. The second-order valence-electron chi connectivity index (χ2n) is 3.94. The van der Waals surface area contributed by atoms with Crippen LogP contribution in [0.25, 0.3) is 0 Å². The molecule has 0 aromatic heterocycles. The molecule has 1 heterocycles. The molecule has 1 atom stereocenters. The molecule has 0 spiro atoms. The SMILES string of the molecule is O=C1OCCC(C2CCCCC2)O1. The molecular formula is C10H16O3. The summed E-state index contributed by atoms with van der Waals surface area (Å²) in [6.45, 7) is 0.542. The minimum atomic E-state index is -0.471. The summed E-state index contributed by atoms with van der Waals surface area (Å²) in [5, 5.41) is 0. The van der Waals surface area contributed by atoms with Gasteiger partial charge in [0.05, 0.1) is 6.61 Å². The molecule has 0 N–H and O–H groups in total. The van der Waals surface area contributed by atoms with E-state index in [-0.39, 0.29) is 6.10 Å². The van der Waals surface area contributed by atoms with Crippen molar-refractivity contribution >= 4 is 6.16 Å². The second kappa shape index (κ2) is 3.99. The van der Waals surface area contributed by atoms with Gasteiger partial charge < -0.3 is 9.47 Å². The normalized spacial score (nSPS) is 30.8. The average molecular weight is 184 g/mol. The van der Waals surface area contributed by atoms with E-state index in [0.29, 0.717) is 12.5 Å². The number of carbonyl (C=O) groups is 1. The number of hydrogen-bond donors (Lipinski definition) is 0. The van der Waals surface area contributed by atoms with E-state index in [1.165, 1.54) is 32.1 Å². The van der Waals surface area contributed by atoms with Crippen LogP contribution >= 0.6 is 0 Å². The summed E-state index contributed by atoms with van der Waals surface area (Å²) >= 11 is 0. The summed E-state index contributed by atoms with van der Waals surface area (Å²) in [4.78, 5) is 10.9. The van der Waals surface area contributed by atoms with E-state index in [9.17, 15) is 4.79 Å². The van der Waals surface area contributed by atoms with Gasteiger partial charge in [0.2, 0.25) is 0 Å². The molecule has 1 saturated carbocycles. The summed E-state index contributed by atoms with van der Waals surface area (Å²) in [5.74, 6) is 0.599.